The van der Waals surface area contributed by atoms with Crippen LogP contribution in [0.4, 0.5) is 0 Å². The van der Waals surface area contributed by atoms with Gasteiger partial charge in [0, 0.05) is 30.8 Å². The predicted molar refractivity (Wildman–Crippen MR) is 88.3 cm³/mol. The van der Waals surface area contributed by atoms with Crippen LogP contribution >= 0.6 is 0 Å². The SMILES string of the molecule is N[C@@H](Cc1cnc(C2CCCC2)n1Cc1ccccc1)C(=O)O. The van der Waals surface area contributed by atoms with Crippen molar-refractivity contribution < 1.29 is 9.90 Å². The Morgan fingerprint density at radius 2 is 2.00 bits per heavy atom. The highest BCUT2D eigenvalue weighted by atomic mass is 16.4. The minimum Gasteiger partial charge on any atom is -0.480 e. The molecule has 0 saturated heterocycles. The molecule has 1 aliphatic rings. The number of carboxylic acids is 1. The maximum atomic E-state index is 11.1. The van der Waals surface area contributed by atoms with Gasteiger partial charge in [0.2, 0.25) is 0 Å². The molecule has 1 aliphatic carbocycles. The third-order valence-electron chi connectivity index (χ3n) is 4.62. The van der Waals surface area contributed by atoms with Crippen molar-refractivity contribution in [1.29, 1.82) is 0 Å². The van der Waals surface area contributed by atoms with Crippen molar-refractivity contribution >= 4 is 5.97 Å². The maximum Gasteiger partial charge on any atom is 0.320 e. The number of nitrogens with two attached hydrogens (primary N) is 1. The fraction of sp³-hybridized carbons (Fsp3) is 0.444. The number of imidazole rings is 1. The van der Waals surface area contributed by atoms with Crippen LogP contribution in [-0.4, -0.2) is 26.7 Å². The normalized spacial score (nSPS) is 16.6. The molecule has 0 radical (unpaired) electrons. The fourth-order valence-corrected chi connectivity index (χ4v) is 3.36. The van der Waals surface area contributed by atoms with Gasteiger partial charge in [0.05, 0.1) is 0 Å². The molecule has 1 fully saturated rings. The highest BCUT2D eigenvalue weighted by Crippen LogP contribution is 2.34. The van der Waals surface area contributed by atoms with E-state index in [2.05, 4.69) is 21.7 Å². The van der Waals surface area contributed by atoms with Gasteiger partial charge in [-0.25, -0.2) is 4.98 Å². The first kappa shape index (κ1) is 15.7. The summed E-state index contributed by atoms with van der Waals surface area (Å²) in [5.41, 5.74) is 7.83. The quantitative estimate of drug-likeness (QED) is 0.858. The molecule has 0 amide bonds. The first-order valence-corrected chi connectivity index (χ1v) is 8.21. The average molecular weight is 313 g/mol. The van der Waals surface area contributed by atoms with E-state index in [-0.39, 0.29) is 0 Å². The molecule has 1 atom stereocenters. The second kappa shape index (κ2) is 6.96. The highest BCUT2D eigenvalue weighted by Gasteiger charge is 2.24. The minimum absolute atomic E-state index is 0.307. The van der Waals surface area contributed by atoms with Gasteiger partial charge in [-0.15, -0.1) is 0 Å². The van der Waals surface area contributed by atoms with Gasteiger partial charge >= 0.3 is 5.97 Å². The number of hydrogen-bond acceptors (Lipinski definition) is 3. The molecule has 5 heteroatoms. The van der Waals surface area contributed by atoms with Crippen LogP contribution in [0.1, 0.15) is 48.7 Å². The van der Waals surface area contributed by atoms with E-state index in [1.165, 1.54) is 18.4 Å². The van der Waals surface area contributed by atoms with Gasteiger partial charge < -0.3 is 15.4 Å². The van der Waals surface area contributed by atoms with Gasteiger partial charge in [-0.05, 0) is 18.4 Å². The molecule has 3 N–H and O–H groups in total. The smallest absolute Gasteiger partial charge is 0.320 e. The summed E-state index contributed by atoms with van der Waals surface area (Å²) in [5.74, 6) is 0.590. The molecular weight excluding hydrogens is 290 g/mol. The number of carboxylic acid groups (broad SMARTS) is 1. The summed E-state index contributed by atoms with van der Waals surface area (Å²) in [7, 11) is 0. The van der Waals surface area contributed by atoms with Crippen molar-refractivity contribution in [2.24, 2.45) is 5.73 Å². The first-order chi connectivity index (χ1) is 11.1. The third-order valence-corrected chi connectivity index (χ3v) is 4.62. The largest absolute Gasteiger partial charge is 0.480 e. The van der Waals surface area contributed by atoms with Gasteiger partial charge in [-0.2, -0.15) is 0 Å². The van der Waals surface area contributed by atoms with Gasteiger partial charge in [-0.3, -0.25) is 4.79 Å². The Morgan fingerprint density at radius 1 is 1.30 bits per heavy atom. The zero-order chi connectivity index (χ0) is 16.2. The Bertz CT molecular complexity index is 660. The number of rotatable bonds is 6. The van der Waals surface area contributed by atoms with E-state index in [9.17, 15) is 4.79 Å². The standard InChI is InChI=1S/C18H23N3O2/c19-16(18(22)23)10-15-11-20-17(14-8-4-5-9-14)21(15)12-13-6-2-1-3-7-13/h1-3,6-7,11,14,16H,4-5,8-10,12,19H2,(H,22,23)/t16-/m0/s1. The van der Waals surface area contributed by atoms with E-state index in [1.807, 2.05) is 18.2 Å². The summed E-state index contributed by atoms with van der Waals surface area (Å²) in [6, 6.07) is 9.31. The van der Waals surface area contributed by atoms with Crippen molar-refractivity contribution in [3.63, 3.8) is 0 Å². The number of hydrogen-bond donors (Lipinski definition) is 2. The Labute approximate surface area is 136 Å². The fourth-order valence-electron chi connectivity index (χ4n) is 3.36. The van der Waals surface area contributed by atoms with Gasteiger partial charge in [-0.1, -0.05) is 43.2 Å². The molecule has 0 spiro atoms. The Hall–Kier alpha value is -2.14. The molecule has 5 nitrogen and oxygen atoms in total. The number of nitrogens with zero attached hydrogens (tertiary/aromatic N) is 2. The molecule has 1 aromatic carbocycles. The van der Waals surface area contributed by atoms with Gasteiger partial charge in [0.1, 0.15) is 11.9 Å². The lowest BCUT2D eigenvalue weighted by atomic mass is 10.1. The molecular formula is C18H23N3O2. The van der Waals surface area contributed by atoms with E-state index in [0.717, 1.165) is 24.4 Å². The van der Waals surface area contributed by atoms with Gasteiger partial charge in [0.25, 0.3) is 0 Å². The number of carbonyl (C=O) groups is 1. The molecule has 1 aromatic heterocycles. The summed E-state index contributed by atoms with van der Waals surface area (Å²) < 4.78 is 2.17. The van der Waals surface area contributed by atoms with Crippen LogP contribution < -0.4 is 5.73 Å². The van der Waals surface area contributed by atoms with Crippen LogP contribution in [0.15, 0.2) is 36.5 Å². The minimum atomic E-state index is -0.972. The lowest BCUT2D eigenvalue weighted by molar-refractivity contribution is -0.138. The zero-order valence-electron chi connectivity index (χ0n) is 13.2. The first-order valence-electron chi connectivity index (χ1n) is 8.21. The Balaban J connectivity index is 1.90. The molecule has 0 unspecified atom stereocenters. The molecule has 3 rings (SSSR count). The second-order valence-electron chi connectivity index (χ2n) is 6.31. The zero-order valence-corrected chi connectivity index (χ0v) is 13.2. The monoisotopic (exact) mass is 313 g/mol. The van der Waals surface area contributed by atoms with Crippen LogP contribution in [0.25, 0.3) is 0 Å². The molecule has 0 aliphatic heterocycles. The number of benzene rings is 1. The molecule has 1 saturated carbocycles. The van der Waals surface area contributed by atoms with E-state index < -0.39 is 12.0 Å². The van der Waals surface area contributed by atoms with Crippen molar-refractivity contribution in [2.45, 2.75) is 50.6 Å². The second-order valence-corrected chi connectivity index (χ2v) is 6.31. The van der Waals surface area contributed by atoms with Crippen molar-refractivity contribution in [3.8, 4) is 0 Å². The predicted octanol–water partition coefficient (Wildman–Crippen LogP) is 2.54. The third kappa shape index (κ3) is 3.62. The Morgan fingerprint density at radius 3 is 2.65 bits per heavy atom. The van der Waals surface area contributed by atoms with E-state index >= 15 is 0 Å². The lowest BCUT2D eigenvalue weighted by Gasteiger charge is -2.17. The van der Waals surface area contributed by atoms with Crippen LogP contribution in [-0.2, 0) is 17.8 Å². The molecule has 23 heavy (non-hydrogen) atoms. The molecule has 122 valence electrons. The molecule has 2 aromatic rings. The van der Waals surface area contributed by atoms with Crippen molar-refractivity contribution in [1.82, 2.24) is 9.55 Å². The highest BCUT2D eigenvalue weighted by molar-refractivity contribution is 5.73. The van der Waals surface area contributed by atoms with Crippen LogP contribution in [0.2, 0.25) is 0 Å². The summed E-state index contributed by atoms with van der Waals surface area (Å²) in [6.45, 7) is 0.717. The number of aliphatic carboxylic acids is 1. The van der Waals surface area contributed by atoms with Gasteiger partial charge in [0.15, 0.2) is 0 Å². The lowest BCUT2D eigenvalue weighted by Crippen LogP contribution is -2.33. The van der Waals surface area contributed by atoms with E-state index in [4.69, 9.17) is 10.8 Å². The van der Waals surface area contributed by atoms with Crippen LogP contribution in [0, 0.1) is 0 Å². The molecule has 1 heterocycles. The van der Waals surface area contributed by atoms with E-state index in [1.54, 1.807) is 6.20 Å². The molecule has 0 bridgehead atoms. The summed E-state index contributed by atoms with van der Waals surface area (Å²) in [4.78, 5) is 15.7. The van der Waals surface area contributed by atoms with Crippen LogP contribution in [0.3, 0.4) is 0 Å². The Kier molecular flexibility index (Phi) is 4.76. The number of aromatic nitrogens is 2. The average Bonchev–Trinajstić information content (AvgIpc) is 3.19. The van der Waals surface area contributed by atoms with Crippen molar-refractivity contribution in [3.05, 3.63) is 53.6 Å². The van der Waals surface area contributed by atoms with Crippen LogP contribution in [0.5, 0.6) is 0 Å². The maximum absolute atomic E-state index is 11.1. The summed E-state index contributed by atoms with van der Waals surface area (Å²) in [6.07, 6.45) is 6.92. The topological polar surface area (TPSA) is 81.1 Å². The summed E-state index contributed by atoms with van der Waals surface area (Å²) in [5, 5.41) is 9.09. The van der Waals surface area contributed by atoms with Crippen molar-refractivity contribution in [2.75, 3.05) is 0 Å². The van der Waals surface area contributed by atoms with E-state index in [0.29, 0.717) is 18.9 Å². The summed E-state index contributed by atoms with van der Waals surface area (Å²) >= 11 is 0.